The van der Waals surface area contributed by atoms with Crippen LogP contribution in [0, 0.1) is 5.92 Å². The Balaban J connectivity index is 1.53. The van der Waals surface area contributed by atoms with E-state index in [1.54, 1.807) is 4.90 Å². The number of para-hydroxylation sites is 1. The van der Waals surface area contributed by atoms with Gasteiger partial charge in [-0.05, 0) is 25.0 Å². The lowest BCUT2D eigenvalue weighted by atomic mass is 9.95. The Kier molecular flexibility index (Phi) is 5.03. The van der Waals surface area contributed by atoms with Crippen LogP contribution in [0.5, 0.6) is 11.5 Å². The van der Waals surface area contributed by atoms with Crippen LogP contribution in [-0.4, -0.2) is 43.0 Å². The average Bonchev–Trinajstić information content (AvgIpc) is 2.65. The standard InChI is InChI=1S/C18H22N2O4/c1-2-16(21)20-8-6-13(7-9-20)18(22)19-12-14-4-3-5-15-17(14)24-11-10-23-15/h2-5,13H,1,6-12H2,(H,19,22). The van der Waals surface area contributed by atoms with E-state index < -0.39 is 0 Å². The van der Waals surface area contributed by atoms with Gasteiger partial charge in [0.1, 0.15) is 13.2 Å². The summed E-state index contributed by atoms with van der Waals surface area (Å²) >= 11 is 0. The Labute approximate surface area is 141 Å². The van der Waals surface area contributed by atoms with Crippen LogP contribution in [0.3, 0.4) is 0 Å². The largest absolute Gasteiger partial charge is 0.486 e. The lowest BCUT2D eigenvalue weighted by molar-refractivity contribution is -0.132. The monoisotopic (exact) mass is 330 g/mol. The highest BCUT2D eigenvalue weighted by atomic mass is 16.6. The molecule has 1 aromatic carbocycles. The van der Waals surface area contributed by atoms with Gasteiger partial charge in [-0.2, -0.15) is 0 Å². The maximum absolute atomic E-state index is 12.4. The smallest absolute Gasteiger partial charge is 0.245 e. The number of carbonyl (C=O) groups is 2. The summed E-state index contributed by atoms with van der Waals surface area (Å²) in [7, 11) is 0. The van der Waals surface area contributed by atoms with E-state index >= 15 is 0 Å². The summed E-state index contributed by atoms with van der Waals surface area (Å²) in [6.07, 6.45) is 2.68. The molecule has 24 heavy (non-hydrogen) atoms. The Bertz CT molecular complexity index is 636. The predicted molar refractivity (Wildman–Crippen MR) is 88.8 cm³/mol. The third kappa shape index (κ3) is 3.53. The van der Waals surface area contributed by atoms with Gasteiger partial charge >= 0.3 is 0 Å². The van der Waals surface area contributed by atoms with Crippen molar-refractivity contribution in [3.63, 3.8) is 0 Å². The molecule has 2 amide bonds. The first-order valence-corrected chi connectivity index (χ1v) is 8.25. The van der Waals surface area contributed by atoms with Crippen molar-refractivity contribution >= 4 is 11.8 Å². The number of benzene rings is 1. The van der Waals surface area contributed by atoms with E-state index in [2.05, 4.69) is 11.9 Å². The van der Waals surface area contributed by atoms with Gasteiger partial charge in [-0.3, -0.25) is 9.59 Å². The van der Waals surface area contributed by atoms with Crippen LogP contribution in [0.4, 0.5) is 0 Å². The van der Waals surface area contributed by atoms with E-state index in [-0.39, 0.29) is 17.7 Å². The van der Waals surface area contributed by atoms with E-state index in [0.717, 1.165) is 17.1 Å². The van der Waals surface area contributed by atoms with Crippen molar-refractivity contribution in [2.45, 2.75) is 19.4 Å². The molecule has 1 aromatic rings. The zero-order chi connectivity index (χ0) is 16.9. The first-order valence-electron chi connectivity index (χ1n) is 8.25. The molecule has 0 saturated carbocycles. The SMILES string of the molecule is C=CC(=O)N1CCC(C(=O)NCc2cccc3c2OCCO3)CC1. The van der Waals surface area contributed by atoms with Crippen LogP contribution in [0.2, 0.25) is 0 Å². The Morgan fingerprint density at radius 1 is 1.25 bits per heavy atom. The highest BCUT2D eigenvalue weighted by molar-refractivity contribution is 5.87. The summed E-state index contributed by atoms with van der Waals surface area (Å²) in [5, 5.41) is 2.98. The lowest BCUT2D eigenvalue weighted by Gasteiger charge is -2.30. The van der Waals surface area contributed by atoms with Gasteiger partial charge in [-0.15, -0.1) is 0 Å². The Morgan fingerprint density at radius 2 is 2.00 bits per heavy atom. The number of nitrogens with one attached hydrogen (secondary N) is 1. The van der Waals surface area contributed by atoms with E-state index in [1.807, 2.05) is 18.2 Å². The maximum Gasteiger partial charge on any atom is 0.245 e. The van der Waals surface area contributed by atoms with Crippen LogP contribution in [0.25, 0.3) is 0 Å². The molecule has 1 saturated heterocycles. The fraction of sp³-hybridized carbons (Fsp3) is 0.444. The van der Waals surface area contributed by atoms with E-state index in [4.69, 9.17) is 9.47 Å². The van der Waals surface area contributed by atoms with Crippen molar-refractivity contribution in [3.05, 3.63) is 36.4 Å². The minimum atomic E-state index is -0.0677. The molecule has 0 bridgehead atoms. The zero-order valence-corrected chi connectivity index (χ0v) is 13.6. The van der Waals surface area contributed by atoms with Gasteiger partial charge in [0.2, 0.25) is 11.8 Å². The third-order valence-corrected chi connectivity index (χ3v) is 4.45. The summed E-state index contributed by atoms with van der Waals surface area (Å²) < 4.78 is 11.2. The molecule has 0 spiro atoms. The van der Waals surface area contributed by atoms with Crippen molar-refractivity contribution < 1.29 is 19.1 Å². The molecular formula is C18H22N2O4. The molecule has 6 nitrogen and oxygen atoms in total. The molecule has 2 aliphatic rings. The number of nitrogens with zero attached hydrogens (tertiary/aromatic N) is 1. The highest BCUT2D eigenvalue weighted by Gasteiger charge is 2.26. The Hall–Kier alpha value is -2.50. The number of hydrogen-bond acceptors (Lipinski definition) is 4. The molecule has 1 fully saturated rings. The average molecular weight is 330 g/mol. The number of ether oxygens (including phenoxy) is 2. The molecule has 0 unspecified atom stereocenters. The number of fused-ring (bicyclic) bond motifs is 1. The molecular weight excluding hydrogens is 308 g/mol. The number of likely N-dealkylation sites (tertiary alicyclic amines) is 1. The fourth-order valence-corrected chi connectivity index (χ4v) is 3.09. The molecule has 3 rings (SSSR count). The topological polar surface area (TPSA) is 67.9 Å². The van der Waals surface area contributed by atoms with Gasteiger partial charge in [-0.25, -0.2) is 0 Å². The van der Waals surface area contributed by atoms with Gasteiger partial charge in [0, 0.05) is 31.1 Å². The summed E-state index contributed by atoms with van der Waals surface area (Å²) in [5.74, 6) is 1.34. The second-order valence-corrected chi connectivity index (χ2v) is 5.96. The van der Waals surface area contributed by atoms with Crippen LogP contribution in [-0.2, 0) is 16.1 Å². The number of carbonyl (C=O) groups excluding carboxylic acids is 2. The number of amides is 2. The molecule has 0 aromatic heterocycles. The van der Waals surface area contributed by atoms with Crippen LogP contribution in [0.1, 0.15) is 18.4 Å². The molecule has 1 N–H and O–H groups in total. The predicted octanol–water partition coefficient (Wildman–Crippen LogP) is 1.50. The molecule has 0 aliphatic carbocycles. The third-order valence-electron chi connectivity index (χ3n) is 4.45. The normalized spacial score (nSPS) is 17.2. The lowest BCUT2D eigenvalue weighted by Crippen LogP contribution is -2.42. The first kappa shape index (κ1) is 16.4. The van der Waals surface area contributed by atoms with Crippen molar-refractivity contribution in [3.8, 4) is 11.5 Å². The quantitative estimate of drug-likeness (QED) is 0.850. The summed E-state index contributed by atoms with van der Waals surface area (Å²) in [5.41, 5.74) is 0.917. The molecule has 2 aliphatic heterocycles. The van der Waals surface area contributed by atoms with Crippen LogP contribution >= 0.6 is 0 Å². The summed E-state index contributed by atoms with van der Waals surface area (Å²) in [4.78, 5) is 25.7. The summed E-state index contributed by atoms with van der Waals surface area (Å²) in [6, 6.07) is 5.69. The molecule has 128 valence electrons. The van der Waals surface area contributed by atoms with E-state index in [0.29, 0.717) is 45.7 Å². The summed E-state index contributed by atoms with van der Waals surface area (Å²) in [6.45, 7) is 6.17. The molecule has 0 radical (unpaired) electrons. The van der Waals surface area contributed by atoms with E-state index in [1.165, 1.54) is 6.08 Å². The second kappa shape index (κ2) is 7.38. The maximum atomic E-state index is 12.4. The number of piperidine rings is 1. The first-order chi connectivity index (χ1) is 11.7. The van der Waals surface area contributed by atoms with Crippen molar-refractivity contribution in [1.29, 1.82) is 0 Å². The van der Waals surface area contributed by atoms with Crippen molar-refractivity contribution in [2.24, 2.45) is 5.92 Å². The van der Waals surface area contributed by atoms with Gasteiger partial charge < -0.3 is 19.7 Å². The van der Waals surface area contributed by atoms with Gasteiger partial charge in [-0.1, -0.05) is 18.7 Å². The van der Waals surface area contributed by atoms with Gasteiger partial charge in [0.05, 0.1) is 0 Å². The van der Waals surface area contributed by atoms with Crippen molar-refractivity contribution in [1.82, 2.24) is 10.2 Å². The number of rotatable bonds is 4. The molecule has 2 heterocycles. The van der Waals surface area contributed by atoms with Crippen LogP contribution in [0.15, 0.2) is 30.9 Å². The number of hydrogen-bond donors (Lipinski definition) is 1. The second-order valence-electron chi connectivity index (χ2n) is 5.96. The van der Waals surface area contributed by atoms with Crippen molar-refractivity contribution in [2.75, 3.05) is 26.3 Å². The highest BCUT2D eigenvalue weighted by Crippen LogP contribution is 2.33. The molecule has 0 atom stereocenters. The minimum absolute atomic E-state index is 0.0232. The molecule has 6 heteroatoms. The Morgan fingerprint density at radius 3 is 2.75 bits per heavy atom. The minimum Gasteiger partial charge on any atom is -0.486 e. The fourth-order valence-electron chi connectivity index (χ4n) is 3.09. The van der Waals surface area contributed by atoms with Gasteiger partial charge in [0.25, 0.3) is 0 Å². The zero-order valence-electron chi connectivity index (χ0n) is 13.6. The van der Waals surface area contributed by atoms with E-state index in [9.17, 15) is 9.59 Å². The van der Waals surface area contributed by atoms with Crippen LogP contribution < -0.4 is 14.8 Å². The van der Waals surface area contributed by atoms with Gasteiger partial charge in [0.15, 0.2) is 11.5 Å².